The van der Waals surface area contributed by atoms with E-state index in [0.717, 1.165) is 17.3 Å². The maximum Gasteiger partial charge on any atom is 0.327 e. The maximum absolute atomic E-state index is 13.1. The van der Waals surface area contributed by atoms with E-state index in [0.29, 0.717) is 32.0 Å². The van der Waals surface area contributed by atoms with Crippen molar-refractivity contribution in [3.63, 3.8) is 0 Å². The van der Waals surface area contributed by atoms with Crippen molar-refractivity contribution in [2.24, 2.45) is 0 Å². The SMILES string of the molecule is O=C(O)[C@@H](Cc1ccccc1)N1C(=O)/C(=C/c2cccc(Oc3ccc(Cl)c(Cl)c3)c2)SC1=S. The molecule has 172 valence electrons. The zero-order chi connectivity index (χ0) is 24.2. The molecule has 0 saturated carbocycles. The van der Waals surface area contributed by atoms with Crippen LogP contribution < -0.4 is 4.74 Å². The Morgan fingerprint density at radius 3 is 2.47 bits per heavy atom. The van der Waals surface area contributed by atoms with Gasteiger partial charge in [-0.3, -0.25) is 9.69 Å². The van der Waals surface area contributed by atoms with Gasteiger partial charge in [-0.1, -0.05) is 89.6 Å². The first-order valence-electron chi connectivity index (χ1n) is 10.1. The number of aliphatic carboxylic acids is 1. The van der Waals surface area contributed by atoms with Crippen molar-refractivity contribution in [3.05, 3.63) is 98.9 Å². The van der Waals surface area contributed by atoms with Gasteiger partial charge in [0.1, 0.15) is 21.9 Å². The summed E-state index contributed by atoms with van der Waals surface area (Å²) in [5.74, 6) is -0.495. The number of hydrogen-bond donors (Lipinski definition) is 1. The van der Waals surface area contributed by atoms with E-state index in [4.69, 9.17) is 40.2 Å². The van der Waals surface area contributed by atoms with Crippen molar-refractivity contribution in [3.8, 4) is 11.5 Å². The van der Waals surface area contributed by atoms with Gasteiger partial charge >= 0.3 is 5.97 Å². The number of thioether (sulfide) groups is 1. The van der Waals surface area contributed by atoms with Crippen molar-refractivity contribution in [1.82, 2.24) is 4.90 Å². The number of halogens is 2. The summed E-state index contributed by atoms with van der Waals surface area (Å²) < 4.78 is 6.06. The van der Waals surface area contributed by atoms with E-state index in [1.54, 1.807) is 42.5 Å². The summed E-state index contributed by atoms with van der Waals surface area (Å²) in [7, 11) is 0. The molecule has 0 bridgehead atoms. The molecule has 1 N–H and O–H groups in total. The van der Waals surface area contributed by atoms with Crippen LogP contribution in [0.4, 0.5) is 0 Å². The number of benzene rings is 3. The van der Waals surface area contributed by atoms with Crippen molar-refractivity contribution < 1.29 is 19.4 Å². The topological polar surface area (TPSA) is 66.8 Å². The monoisotopic (exact) mass is 529 g/mol. The Bertz CT molecular complexity index is 1300. The Hall–Kier alpha value is -2.84. The van der Waals surface area contributed by atoms with Crippen LogP contribution in [0, 0.1) is 0 Å². The maximum atomic E-state index is 13.1. The van der Waals surface area contributed by atoms with E-state index >= 15 is 0 Å². The molecule has 0 unspecified atom stereocenters. The Morgan fingerprint density at radius 1 is 1.03 bits per heavy atom. The van der Waals surface area contributed by atoms with Crippen molar-refractivity contribution in [1.29, 1.82) is 0 Å². The summed E-state index contributed by atoms with van der Waals surface area (Å²) in [5.41, 5.74) is 1.51. The van der Waals surface area contributed by atoms with Crippen molar-refractivity contribution in [2.45, 2.75) is 12.5 Å². The average molecular weight is 530 g/mol. The number of hydrogen-bond acceptors (Lipinski definition) is 5. The van der Waals surface area contributed by atoms with Gasteiger partial charge in [-0.15, -0.1) is 0 Å². The molecule has 1 saturated heterocycles. The lowest BCUT2D eigenvalue weighted by atomic mass is 10.0. The predicted octanol–water partition coefficient (Wildman–Crippen LogP) is 6.68. The summed E-state index contributed by atoms with van der Waals surface area (Å²) in [4.78, 5) is 26.6. The van der Waals surface area contributed by atoms with Gasteiger partial charge in [-0.05, 0) is 41.5 Å². The number of thiocarbonyl (C=S) groups is 1. The molecule has 34 heavy (non-hydrogen) atoms. The quantitative estimate of drug-likeness (QED) is 0.272. The third-order valence-corrected chi connectivity index (χ3v) is 7.04. The lowest BCUT2D eigenvalue weighted by Gasteiger charge is -2.23. The zero-order valence-electron chi connectivity index (χ0n) is 17.5. The van der Waals surface area contributed by atoms with Gasteiger partial charge in [-0.25, -0.2) is 4.79 Å². The molecule has 4 rings (SSSR count). The van der Waals surface area contributed by atoms with Crippen LogP contribution in [0.3, 0.4) is 0 Å². The lowest BCUT2D eigenvalue weighted by molar-refractivity contribution is -0.145. The van der Waals surface area contributed by atoms with E-state index in [9.17, 15) is 14.7 Å². The molecule has 0 aromatic heterocycles. The highest BCUT2D eigenvalue weighted by molar-refractivity contribution is 8.26. The number of carboxylic acid groups (broad SMARTS) is 1. The first-order valence-corrected chi connectivity index (χ1v) is 12.1. The van der Waals surface area contributed by atoms with Crippen LogP contribution in [0.1, 0.15) is 11.1 Å². The summed E-state index contributed by atoms with van der Waals surface area (Å²) in [6.07, 6.45) is 1.82. The highest BCUT2D eigenvalue weighted by Gasteiger charge is 2.40. The Balaban J connectivity index is 1.55. The average Bonchev–Trinajstić information content (AvgIpc) is 3.08. The van der Waals surface area contributed by atoms with Gasteiger partial charge in [-0.2, -0.15) is 0 Å². The fourth-order valence-corrected chi connectivity index (χ4v) is 5.02. The second-order valence-corrected chi connectivity index (χ2v) is 9.84. The number of carboxylic acids is 1. The third-order valence-electron chi connectivity index (χ3n) is 4.97. The highest BCUT2D eigenvalue weighted by Crippen LogP contribution is 2.36. The number of carbonyl (C=O) groups excluding carboxylic acids is 1. The molecule has 1 aliphatic heterocycles. The summed E-state index contributed by atoms with van der Waals surface area (Å²) in [6, 6.07) is 20.1. The van der Waals surface area contributed by atoms with E-state index in [1.165, 1.54) is 4.90 Å². The van der Waals surface area contributed by atoms with Crippen LogP contribution >= 0.6 is 47.2 Å². The summed E-state index contributed by atoms with van der Waals surface area (Å²) in [6.45, 7) is 0. The molecule has 3 aromatic carbocycles. The molecule has 1 amide bonds. The second-order valence-electron chi connectivity index (χ2n) is 7.35. The molecular formula is C25H17Cl2NO4S2. The molecule has 5 nitrogen and oxygen atoms in total. The molecule has 1 fully saturated rings. The molecule has 0 spiro atoms. The molecule has 1 atom stereocenters. The van der Waals surface area contributed by atoms with Crippen LogP contribution in [0.25, 0.3) is 6.08 Å². The van der Waals surface area contributed by atoms with Crippen LogP contribution in [0.5, 0.6) is 11.5 Å². The standard InChI is InChI=1S/C25H17Cl2NO4S2/c26-19-10-9-18(14-20(19)27)32-17-8-4-7-16(11-17)13-22-23(29)28(25(33)34-22)21(24(30)31)12-15-5-2-1-3-6-15/h1-11,13-14,21H,12H2,(H,30,31)/b22-13-/t21-/m1/s1. The van der Waals surface area contributed by atoms with Gasteiger partial charge in [0.05, 0.1) is 15.0 Å². The minimum atomic E-state index is -1.11. The van der Waals surface area contributed by atoms with Crippen LogP contribution in [0.2, 0.25) is 10.0 Å². The minimum Gasteiger partial charge on any atom is -0.480 e. The predicted molar refractivity (Wildman–Crippen MR) is 140 cm³/mol. The molecule has 0 aliphatic carbocycles. The van der Waals surface area contributed by atoms with E-state index in [1.807, 2.05) is 36.4 Å². The smallest absolute Gasteiger partial charge is 0.327 e. The van der Waals surface area contributed by atoms with E-state index in [-0.39, 0.29) is 10.7 Å². The number of ether oxygens (including phenoxy) is 1. The number of carbonyl (C=O) groups is 2. The summed E-state index contributed by atoms with van der Waals surface area (Å²) in [5, 5.41) is 10.6. The van der Waals surface area contributed by atoms with Gasteiger partial charge in [0.2, 0.25) is 0 Å². The second kappa shape index (κ2) is 10.6. The molecular weight excluding hydrogens is 513 g/mol. The largest absolute Gasteiger partial charge is 0.480 e. The van der Waals surface area contributed by atoms with E-state index in [2.05, 4.69) is 0 Å². The highest BCUT2D eigenvalue weighted by atomic mass is 35.5. The lowest BCUT2D eigenvalue weighted by Crippen LogP contribution is -2.45. The van der Waals surface area contributed by atoms with Gasteiger partial charge < -0.3 is 9.84 Å². The van der Waals surface area contributed by atoms with Gasteiger partial charge in [0.15, 0.2) is 0 Å². The summed E-state index contributed by atoms with van der Waals surface area (Å²) >= 11 is 18.4. The van der Waals surface area contributed by atoms with E-state index < -0.39 is 17.9 Å². The first-order chi connectivity index (χ1) is 16.3. The van der Waals surface area contributed by atoms with Crippen molar-refractivity contribution in [2.75, 3.05) is 0 Å². The Kier molecular flexibility index (Phi) is 7.58. The van der Waals surface area contributed by atoms with Crippen molar-refractivity contribution >= 4 is 69.5 Å². The number of amides is 1. The first kappa shape index (κ1) is 24.3. The molecule has 9 heteroatoms. The molecule has 3 aromatic rings. The zero-order valence-corrected chi connectivity index (χ0v) is 20.6. The van der Waals surface area contributed by atoms with Gasteiger partial charge in [0, 0.05) is 12.5 Å². The Morgan fingerprint density at radius 2 is 1.76 bits per heavy atom. The van der Waals surface area contributed by atoms with Crippen LogP contribution in [0.15, 0.2) is 77.7 Å². The number of nitrogens with zero attached hydrogens (tertiary/aromatic N) is 1. The minimum absolute atomic E-state index is 0.156. The molecule has 1 heterocycles. The molecule has 0 radical (unpaired) electrons. The number of rotatable bonds is 7. The Labute approximate surface area is 215 Å². The molecule has 1 aliphatic rings. The van der Waals surface area contributed by atoms with Crippen LogP contribution in [-0.4, -0.2) is 32.2 Å². The van der Waals surface area contributed by atoms with Gasteiger partial charge in [0.25, 0.3) is 5.91 Å². The normalized spacial score (nSPS) is 15.6. The fourth-order valence-electron chi connectivity index (χ4n) is 3.37. The van der Waals surface area contributed by atoms with Crippen LogP contribution in [-0.2, 0) is 16.0 Å². The fraction of sp³-hybridized carbons (Fsp3) is 0.0800. The third kappa shape index (κ3) is 5.62.